The highest BCUT2D eigenvalue weighted by atomic mass is 127. The van der Waals surface area contributed by atoms with Crippen LogP contribution in [0.3, 0.4) is 0 Å². The Labute approximate surface area is 124 Å². The van der Waals surface area contributed by atoms with Gasteiger partial charge in [0.25, 0.3) is 0 Å². The van der Waals surface area contributed by atoms with Crippen LogP contribution in [0.25, 0.3) is 0 Å². The fraction of sp³-hybridized carbons (Fsp3) is 0.923. The second-order valence-electron chi connectivity index (χ2n) is 6.20. The van der Waals surface area contributed by atoms with Crippen LogP contribution in [0.2, 0.25) is 0 Å². The van der Waals surface area contributed by atoms with Gasteiger partial charge in [0.1, 0.15) is 0 Å². The first-order chi connectivity index (χ1) is 8.25. The molecule has 3 N–H and O–H groups in total. The summed E-state index contributed by atoms with van der Waals surface area (Å²) < 4.78 is 0.504. The smallest absolute Gasteiger partial charge is 0.230 e. The Balaban J connectivity index is 2.84. The van der Waals surface area contributed by atoms with E-state index in [0.717, 1.165) is 25.7 Å². The number of rotatable bonds is 4. The lowest BCUT2D eigenvalue weighted by Gasteiger charge is -2.49. The lowest BCUT2D eigenvalue weighted by atomic mass is 9.76. The molecular formula is C13H26IN2O2+. The fourth-order valence-corrected chi connectivity index (χ4v) is 3.46. The predicted molar refractivity (Wildman–Crippen MR) is 82.9 cm³/mol. The molecule has 1 saturated heterocycles. The number of alkyl halides is 1. The van der Waals surface area contributed by atoms with Crippen molar-refractivity contribution in [2.24, 2.45) is 0 Å². The minimum absolute atomic E-state index is 0.105. The zero-order chi connectivity index (χ0) is 14.0. The van der Waals surface area contributed by atoms with Gasteiger partial charge < -0.3 is 10.5 Å². The number of carbonyl (C=O) groups excluding carboxylic acids is 1. The van der Waals surface area contributed by atoms with Gasteiger partial charge in [0, 0.05) is 6.04 Å². The second-order valence-corrected chi connectivity index (χ2v) is 6.96. The van der Waals surface area contributed by atoms with E-state index in [-0.39, 0.29) is 23.0 Å². The van der Waals surface area contributed by atoms with Gasteiger partial charge in [-0.15, -0.1) is 0 Å². The number of hydrogen-bond acceptors (Lipinski definition) is 2. The maximum atomic E-state index is 11.6. The van der Waals surface area contributed by atoms with Crippen molar-refractivity contribution < 1.29 is 10.0 Å². The molecule has 0 spiro atoms. The molecule has 2 atom stereocenters. The summed E-state index contributed by atoms with van der Waals surface area (Å²) in [6.45, 7) is 8.49. The third-order valence-electron chi connectivity index (χ3n) is 3.85. The molecule has 1 aliphatic rings. The number of halogens is 1. The van der Waals surface area contributed by atoms with E-state index in [2.05, 4.69) is 55.6 Å². The Morgan fingerprint density at radius 2 is 2.06 bits per heavy atom. The summed E-state index contributed by atoms with van der Waals surface area (Å²) in [5.74, 6) is 0.105. The van der Waals surface area contributed by atoms with Crippen molar-refractivity contribution in [3.63, 3.8) is 0 Å². The third-order valence-corrected chi connectivity index (χ3v) is 4.55. The van der Waals surface area contributed by atoms with Crippen LogP contribution < -0.4 is 5.32 Å². The molecule has 0 aromatic rings. The number of hydrogen-bond donors (Lipinski definition) is 1. The van der Waals surface area contributed by atoms with Crippen molar-refractivity contribution in [2.75, 3.05) is 4.43 Å². The first-order valence-electron chi connectivity index (χ1n) is 6.62. The minimum atomic E-state index is -0.189. The monoisotopic (exact) mass is 369 g/mol. The van der Waals surface area contributed by atoms with E-state index in [1.807, 2.05) is 0 Å². The van der Waals surface area contributed by atoms with Crippen LogP contribution in [-0.2, 0) is 4.79 Å². The Hall–Kier alpha value is 0.120. The summed E-state index contributed by atoms with van der Waals surface area (Å²) in [5, 5.41) is 13.2. The SMILES string of the molecule is CCCC1(C)CC(NC(=O)CI)CC(C)(C)N1[OH2+]. The van der Waals surface area contributed by atoms with E-state index in [1.54, 1.807) is 5.06 Å². The maximum Gasteiger partial charge on any atom is 0.230 e. The molecule has 1 rings (SSSR count). The predicted octanol–water partition coefficient (Wildman–Crippen LogP) is 1.98. The molecule has 0 aliphatic carbocycles. The van der Waals surface area contributed by atoms with Crippen molar-refractivity contribution in [3.8, 4) is 0 Å². The lowest BCUT2D eigenvalue weighted by molar-refractivity contribution is -0.253. The van der Waals surface area contributed by atoms with Gasteiger partial charge in [-0.05, 0) is 40.0 Å². The second kappa shape index (κ2) is 6.05. The van der Waals surface area contributed by atoms with Gasteiger partial charge in [-0.1, -0.05) is 41.0 Å². The standard InChI is InChI=1S/C13H25IN2O2/c1-5-6-13(4)8-10(15-11(17)9-14)7-12(2,3)16(13)18/h10,18H,5-9H2,1-4H3,(H,15,17)/p+1. The number of amides is 1. The van der Waals surface area contributed by atoms with E-state index in [4.69, 9.17) is 5.21 Å². The highest BCUT2D eigenvalue weighted by molar-refractivity contribution is 14.1. The molecule has 4 nitrogen and oxygen atoms in total. The van der Waals surface area contributed by atoms with Crippen LogP contribution in [0.15, 0.2) is 0 Å². The van der Waals surface area contributed by atoms with Crippen molar-refractivity contribution in [2.45, 2.75) is 70.5 Å². The summed E-state index contributed by atoms with van der Waals surface area (Å²) in [6.07, 6.45) is 3.78. The molecule has 18 heavy (non-hydrogen) atoms. The molecule has 1 heterocycles. The number of nitrogens with zero attached hydrogens (tertiary/aromatic N) is 1. The van der Waals surface area contributed by atoms with Crippen molar-refractivity contribution in [3.05, 3.63) is 0 Å². The Morgan fingerprint density at radius 1 is 1.44 bits per heavy atom. The van der Waals surface area contributed by atoms with Crippen LogP contribution in [0.1, 0.15) is 53.4 Å². The third kappa shape index (κ3) is 3.57. The van der Waals surface area contributed by atoms with Crippen LogP contribution in [0, 0.1) is 0 Å². The molecule has 0 aromatic heterocycles. The first-order valence-corrected chi connectivity index (χ1v) is 8.14. The summed E-state index contributed by atoms with van der Waals surface area (Å²) in [6, 6.07) is 0.195. The fourth-order valence-electron chi connectivity index (χ4n) is 3.24. The van der Waals surface area contributed by atoms with Gasteiger partial charge in [0.15, 0.2) is 0 Å². The summed E-state index contributed by atoms with van der Waals surface area (Å²) in [5.41, 5.74) is -0.328. The van der Waals surface area contributed by atoms with E-state index in [1.165, 1.54) is 0 Å². The van der Waals surface area contributed by atoms with Crippen LogP contribution >= 0.6 is 22.6 Å². The van der Waals surface area contributed by atoms with Crippen molar-refractivity contribution >= 4 is 28.5 Å². The average molecular weight is 369 g/mol. The van der Waals surface area contributed by atoms with Gasteiger partial charge in [-0.3, -0.25) is 4.79 Å². The van der Waals surface area contributed by atoms with Gasteiger partial charge in [0.2, 0.25) is 5.91 Å². The van der Waals surface area contributed by atoms with Gasteiger partial charge in [-0.2, -0.15) is 0 Å². The molecule has 1 aliphatic heterocycles. The number of nitrogens with one attached hydrogen (secondary N) is 1. The first kappa shape index (κ1) is 16.2. The van der Waals surface area contributed by atoms with Crippen LogP contribution in [0.4, 0.5) is 0 Å². The Morgan fingerprint density at radius 3 is 2.56 bits per heavy atom. The zero-order valence-electron chi connectivity index (χ0n) is 11.8. The summed E-state index contributed by atoms with van der Waals surface area (Å²) in [7, 11) is 0. The quantitative estimate of drug-likeness (QED) is 0.468. The zero-order valence-corrected chi connectivity index (χ0v) is 14.0. The van der Waals surface area contributed by atoms with Crippen molar-refractivity contribution in [1.29, 1.82) is 0 Å². The molecule has 0 saturated carbocycles. The molecule has 2 unspecified atom stereocenters. The van der Waals surface area contributed by atoms with E-state index in [0.29, 0.717) is 4.43 Å². The topological polar surface area (TPSA) is 55.2 Å². The van der Waals surface area contributed by atoms with E-state index in [9.17, 15) is 4.79 Å². The molecular weight excluding hydrogens is 343 g/mol. The van der Waals surface area contributed by atoms with Gasteiger partial charge in [-0.25, -0.2) is 0 Å². The molecule has 1 fully saturated rings. The molecule has 5 heteroatoms. The van der Waals surface area contributed by atoms with E-state index >= 15 is 0 Å². The highest BCUT2D eigenvalue weighted by Gasteiger charge is 2.50. The lowest BCUT2D eigenvalue weighted by Crippen LogP contribution is -2.64. The molecule has 0 bridgehead atoms. The maximum absolute atomic E-state index is 11.6. The van der Waals surface area contributed by atoms with Gasteiger partial charge >= 0.3 is 0 Å². The molecule has 1 amide bonds. The average Bonchev–Trinajstić information content (AvgIpc) is 2.25. The van der Waals surface area contributed by atoms with Crippen molar-refractivity contribution in [1.82, 2.24) is 10.4 Å². The number of hydroxylamine groups is 2. The number of piperidine rings is 1. The minimum Gasteiger partial charge on any atom is -0.353 e. The largest absolute Gasteiger partial charge is 0.353 e. The molecule has 106 valence electrons. The summed E-state index contributed by atoms with van der Waals surface area (Å²) >= 11 is 2.09. The number of carbonyl (C=O) groups is 1. The Bertz CT molecular complexity index is 309. The van der Waals surface area contributed by atoms with Crippen LogP contribution in [0.5, 0.6) is 0 Å². The van der Waals surface area contributed by atoms with Crippen LogP contribution in [-0.4, -0.2) is 37.7 Å². The molecule has 0 aromatic carbocycles. The molecule has 0 radical (unpaired) electrons. The normalized spacial score (nSPS) is 32.2. The van der Waals surface area contributed by atoms with E-state index < -0.39 is 0 Å². The Kier molecular flexibility index (Phi) is 5.44. The van der Waals surface area contributed by atoms with Gasteiger partial charge in [0.05, 0.1) is 15.5 Å². The summed E-state index contributed by atoms with van der Waals surface area (Å²) in [4.78, 5) is 11.6. The highest BCUT2D eigenvalue weighted by Crippen LogP contribution is 2.39.